The number of nitrogens with one attached hydrogen (secondary N) is 3. The number of primary amides is 1. The van der Waals surface area contributed by atoms with Crippen molar-refractivity contribution in [3.63, 3.8) is 0 Å². The molecule has 0 spiro atoms. The molecule has 15 nitrogen and oxygen atoms in total. The fourth-order valence-corrected chi connectivity index (χ4v) is 3.32. The van der Waals surface area contributed by atoms with Crippen LogP contribution in [0.25, 0.3) is 0 Å². The molecule has 16 heteroatoms. The van der Waals surface area contributed by atoms with Gasteiger partial charge in [0.1, 0.15) is 24.2 Å². The number of aliphatic imine (C=N–C) groups is 1. The quantitative estimate of drug-likeness (QED) is 0.0468. The van der Waals surface area contributed by atoms with Crippen LogP contribution in [0.15, 0.2) is 4.99 Å². The van der Waals surface area contributed by atoms with Gasteiger partial charge in [-0.15, -0.1) is 0 Å². The fourth-order valence-electron chi connectivity index (χ4n) is 2.85. The van der Waals surface area contributed by atoms with Crippen molar-refractivity contribution in [3.05, 3.63) is 0 Å². The third-order valence-electron chi connectivity index (χ3n) is 4.94. The molecular weight excluding hydrogens is 496 g/mol. The van der Waals surface area contributed by atoms with E-state index in [1.165, 1.54) is 18.7 Å². The maximum atomic E-state index is 13.0. The highest BCUT2D eigenvalue weighted by molar-refractivity contribution is 7.98. The molecule has 0 aromatic rings. The van der Waals surface area contributed by atoms with Gasteiger partial charge in [0.15, 0.2) is 5.96 Å². The highest BCUT2D eigenvalue weighted by Crippen LogP contribution is 2.07. The van der Waals surface area contributed by atoms with Crippen LogP contribution in [-0.4, -0.2) is 94.6 Å². The van der Waals surface area contributed by atoms with E-state index >= 15 is 0 Å². The van der Waals surface area contributed by atoms with Gasteiger partial charge < -0.3 is 49.1 Å². The van der Waals surface area contributed by atoms with Gasteiger partial charge in [0.2, 0.25) is 23.6 Å². The molecule has 0 bridgehead atoms. The highest BCUT2D eigenvalue weighted by atomic mass is 32.2. The second-order valence-corrected chi connectivity index (χ2v) is 9.01. The first-order valence-corrected chi connectivity index (χ1v) is 12.6. The number of carbonyl (C=O) groups excluding carboxylic acids is 4. The van der Waals surface area contributed by atoms with Crippen LogP contribution >= 0.6 is 11.8 Å². The summed E-state index contributed by atoms with van der Waals surface area (Å²) >= 11 is 1.42. The minimum Gasteiger partial charge on any atom is -0.480 e. The van der Waals surface area contributed by atoms with Crippen LogP contribution in [0.1, 0.15) is 39.0 Å². The van der Waals surface area contributed by atoms with Crippen LogP contribution in [0.2, 0.25) is 0 Å². The molecule has 0 aliphatic heterocycles. The van der Waals surface area contributed by atoms with Gasteiger partial charge in [0.05, 0.1) is 6.10 Å². The van der Waals surface area contributed by atoms with Crippen molar-refractivity contribution in [2.24, 2.45) is 27.9 Å². The van der Waals surface area contributed by atoms with Gasteiger partial charge in [-0.1, -0.05) is 0 Å². The lowest BCUT2D eigenvalue weighted by Gasteiger charge is -2.25. The Morgan fingerprint density at radius 1 is 0.889 bits per heavy atom. The van der Waals surface area contributed by atoms with E-state index in [0.717, 1.165) is 0 Å². The molecule has 36 heavy (non-hydrogen) atoms. The number of rotatable bonds is 18. The summed E-state index contributed by atoms with van der Waals surface area (Å²) in [5, 5.41) is 26.2. The first-order chi connectivity index (χ1) is 16.8. The highest BCUT2D eigenvalue weighted by Gasteiger charge is 2.30. The Bertz CT molecular complexity index is 792. The fraction of sp³-hybridized carbons (Fsp3) is 0.700. The molecule has 13 N–H and O–H groups in total. The van der Waals surface area contributed by atoms with E-state index in [1.54, 1.807) is 6.26 Å². The molecule has 5 atom stereocenters. The molecule has 0 aromatic carbocycles. The van der Waals surface area contributed by atoms with Gasteiger partial charge in [0.25, 0.3) is 0 Å². The summed E-state index contributed by atoms with van der Waals surface area (Å²) in [5.74, 6) is -4.07. The second kappa shape index (κ2) is 17.3. The van der Waals surface area contributed by atoms with E-state index in [9.17, 15) is 34.2 Å². The molecule has 0 saturated carbocycles. The second-order valence-electron chi connectivity index (χ2n) is 8.02. The van der Waals surface area contributed by atoms with E-state index in [4.69, 9.17) is 22.9 Å². The normalized spacial score (nSPS) is 14.9. The van der Waals surface area contributed by atoms with Gasteiger partial charge in [0, 0.05) is 13.0 Å². The molecule has 0 aliphatic carbocycles. The largest absolute Gasteiger partial charge is 0.480 e. The van der Waals surface area contributed by atoms with Crippen LogP contribution in [0.4, 0.5) is 0 Å². The standard InChI is InChI=1S/C20H38N8O7S/c1-10(29)15(22)18(33)27-12(7-9-36-2)17(32)26-11(4-3-8-25-20(23)24)16(31)28-13(19(34)35)5-6-14(21)30/h10-13,15,29H,3-9,22H2,1-2H3,(H2,21,30)(H,26,32)(H,27,33)(H,28,31)(H,34,35)(H4,23,24,25). The summed E-state index contributed by atoms with van der Waals surface area (Å²) in [6.45, 7) is 1.47. The SMILES string of the molecule is CSCCC(NC(=O)C(N)C(C)O)C(=O)NC(CCCN=C(N)N)C(=O)NC(CCC(N)=O)C(=O)O. The van der Waals surface area contributed by atoms with E-state index in [1.807, 2.05) is 0 Å². The Morgan fingerprint density at radius 3 is 1.89 bits per heavy atom. The van der Waals surface area contributed by atoms with Gasteiger partial charge in [-0.3, -0.25) is 24.2 Å². The molecule has 206 valence electrons. The van der Waals surface area contributed by atoms with Crippen molar-refractivity contribution < 1.29 is 34.2 Å². The molecule has 0 aromatic heterocycles. The van der Waals surface area contributed by atoms with Crippen LogP contribution in [0.5, 0.6) is 0 Å². The summed E-state index contributed by atoms with van der Waals surface area (Å²) in [5.41, 5.74) is 21.3. The van der Waals surface area contributed by atoms with Crippen molar-refractivity contribution in [3.8, 4) is 0 Å². The molecule has 0 saturated heterocycles. The van der Waals surface area contributed by atoms with Gasteiger partial charge in [-0.05, 0) is 44.6 Å². The maximum absolute atomic E-state index is 13.0. The number of carbonyl (C=O) groups is 5. The van der Waals surface area contributed by atoms with E-state index in [-0.39, 0.29) is 44.6 Å². The lowest BCUT2D eigenvalue weighted by molar-refractivity contribution is -0.142. The van der Waals surface area contributed by atoms with Crippen LogP contribution in [0.3, 0.4) is 0 Å². The first-order valence-electron chi connectivity index (χ1n) is 11.2. The number of aliphatic hydroxyl groups excluding tert-OH is 1. The molecule has 0 fully saturated rings. The molecule has 0 aliphatic rings. The average molecular weight is 535 g/mol. The smallest absolute Gasteiger partial charge is 0.326 e. The lowest BCUT2D eigenvalue weighted by Crippen LogP contribution is -2.58. The van der Waals surface area contributed by atoms with Gasteiger partial charge in [-0.25, -0.2) is 4.79 Å². The number of hydrogen-bond donors (Lipinski definition) is 9. The lowest BCUT2D eigenvalue weighted by atomic mass is 10.1. The van der Waals surface area contributed by atoms with Gasteiger partial charge in [-0.2, -0.15) is 11.8 Å². The van der Waals surface area contributed by atoms with Crippen molar-refractivity contribution in [2.45, 2.75) is 69.3 Å². The first kappa shape index (κ1) is 32.9. The zero-order valence-corrected chi connectivity index (χ0v) is 21.3. The van der Waals surface area contributed by atoms with Crippen molar-refractivity contribution >= 4 is 47.3 Å². The number of aliphatic hydroxyl groups is 1. The number of aliphatic carboxylic acids is 1. The third-order valence-corrected chi connectivity index (χ3v) is 5.58. The Balaban J connectivity index is 5.62. The van der Waals surface area contributed by atoms with Crippen molar-refractivity contribution in [1.29, 1.82) is 0 Å². The Kier molecular flexibility index (Phi) is 15.8. The summed E-state index contributed by atoms with van der Waals surface area (Å²) in [6.07, 6.45) is 0.619. The number of carboxylic acid groups (broad SMARTS) is 1. The zero-order chi connectivity index (χ0) is 27.8. The molecule has 4 amide bonds. The number of thioether (sulfide) groups is 1. The Labute approximate surface area is 213 Å². The van der Waals surface area contributed by atoms with E-state index in [0.29, 0.717) is 5.75 Å². The van der Waals surface area contributed by atoms with Crippen LogP contribution in [0, 0.1) is 0 Å². The van der Waals surface area contributed by atoms with Crippen LogP contribution < -0.4 is 38.9 Å². The number of nitrogens with zero attached hydrogens (tertiary/aromatic N) is 1. The molecule has 0 heterocycles. The number of guanidine groups is 1. The molecule has 0 radical (unpaired) electrons. The Morgan fingerprint density at radius 2 is 1.42 bits per heavy atom. The maximum Gasteiger partial charge on any atom is 0.326 e. The number of hydrogen-bond acceptors (Lipinski definition) is 9. The average Bonchev–Trinajstić information content (AvgIpc) is 2.79. The van der Waals surface area contributed by atoms with Crippen LogP contribution in [-0.2, 0) is 24.0 Å². The van der Waals surface area contributed by atoms with E-state index < -0.39 is 59.9 Å². The summed E-state index contributed by atoms with van der Waals surface area (Å²) < 4.78 is 0. The third kappa shape index (κ3) is 13.7. The van der Waals surface area contributed by atoms with Crippen molar-refractivity contribution in [1.82, 2.24) is 16.0 Å². The number of nitrogens with two attached hydrogens (primary N) is 4. The van der Waals surface area contributed by atoms with Gasteiger partial charge >= 0.3 is 5.97 Å². The number of carboxylic acids is 1. The predicted octanol–water partition coefficient (Wildman–Crippen LogP) is -3.69. The monoisotopic (exact) mass is 534 g/mol. The molecule has 5 unspecified atom stereocenters. The Hall–Kier alpha value is -3.11. The topological polar surface area (TPSA) is 278 Å². The predicted molar refractivity (Wildman–Crippen MR) is 134 cm³/mol. The number of amides is 4. The summed E-state index contributed by atoms with van der Waals surface area (Å²) in [4.78, 5) is 64.5. The zero-order valence-electron chi connectivity index (χ0n) is 20.4. The molecule has 0 rings (SSSR count). The minimum atomic E-state index is -1.42. The summed E-state index contributed by atoms with van der Waals surface area (Å²) in [7, 11) is 0. The molecular formula is C20H38N8O7S. The van der Waals surface area contributed by atoms with E-state index in [2.05, 4.69) is 20.9 Å². The minimum absolute atomic E-state index is 0.0346. The van der Waals surface area contributed by atoms with Crippen molar-refractivity contribution in [2.75, 3.05) is 18.6 Å². The summed E-state index contributed by atoms with van der Waals surface area (Å²) in [6, 6.07) is -4.97.